The van der Waals surface area contributed by atoms with Gasteiger partial charge in [0.2, 0.25) is 5.91 Å². The second-order valence-electron chi connectivity index (χ2n) is 4.49. The van der Waals surface area contributed by atoms with E-state index in [9.17, 15) is 14.0 Å². The summed E-state index contributed by atoms with van der Waals surface area (Å²) in [6.07, 6.45) is 0.872. The zero-order valence-corrected chi connectivity index (χ0v) is 10.2. The summed E-state index contributed by atoms with van der Waals surface area (Å²) in [5.41, 5.74) is 0.222. The van der Waals surface area contributed by atoms with E-state index in [-0.39, 0.29) is 17.4 Å². The fourth-order valence-electron chi connectivity index (χ4n) is 1.79. The van der Waals surface area contributed by atoms with Crippen molar-refractivity contribution < 1.29 is 18.7 Å². The van der Waals surface area contributed by atoms with Gasteiger partial charge in [-0.3, -0.25) is 4.79 Å². The van der Waals surface area contributed by atoms with Gasteiger partial charge < -0.3 is 10.1 Å². The minimum Gasteiger partial charge on any atom is -0.465 e. The summed E-state index contributed by atoms with van der Waals surface area (Å²) in [4.78, 5) is 23.0. The SMILES string of the molecule is COC(=O)c1cc(NC(=O)C2CC2C)ccc1F. The third kappa shape index (κ3) is 2.50. The summed E-state index contributed by atoms with van der Waals surface area (Å²) >= 11 is 0. The van der Waals surface area contributed by atoms with Gasteiger partial charge in [0.1, 0.15) is 5.82 Å². The molecule has 4 nitrogen and oxygen atoms in total. The van der Waals surface area contributed by atoms with Gasteiger partial charge in [-0.1, -0.05) is 6.92 Å². The Morgan fingerprint density at radius 3 is 2.67 bits per heavy atom. The van der Waals surface area contributed by atoms with Crippen LogP contribution in [0.25, 0.3) is 0 Å². The molecule has 1 aromatic rings. The van der Waals surface area contributed by atoms with Crippen LogP contribution in [0.5, 0.6) is 0 Å². The molecule has 0 saturated heterocycles. The monoisotopic (exact) mass is 251 g/mol. The Labute approximate surface area is 104 Å². The Hall–Kier alpha value is -1.91. The van der Waals surface area contributed by atoms with Crippen molar-refractivity contribution in [1.82, 2.24) is 0 Å². The van der Waals surface area contributed by atoms with E-state index >= 15 is 0 Å². The molecule has 1 aromatic carbocycles. The van der Waals surface area contributed by atoms with Crippen LogP contribution in [0.3, 0.4) is 0 Å². The number of rotatable bonds is 3. The normalized spacial score (nSPS) is 21.3. The molecule has 0 bridgehead atoms. The Kier molecular flexibility index (Phi) is 3.32. The number of methoxy groups -OCH3 is 1. The minimum atomic E-state index is -0.761. The van der Waals surface area contributed by atoms with Gasteiger partial charge in [-0.05, 0) is 30.5 Å². The van der Waals surface area contributed by atoms with Crippen molar-refractivity contribution in [2.45, 2.75) is 13.3 Å². The first-order valence-electron chi connectivity index (χ1n) is 5.71. The summed E-state index contributed by atoms with van der Waals surface area (Å²) < 4.78 is 17.8. The maximum atomic E-state index is 13.4. The van der Waals surface area contributed by atoms with E-state index in [0.717, 1.165) is 12.5 Å². The summed E-state index contributed by atoms with van der Waals surface area (Å²) in [5.74, 6) is -1.10. The third-order valence-electron chi connectivity index (χ3n) is 3.09. The Bertz CT molecular complexity index is 501. The van der Waals surface area contributed by atoms with Crippen molar-refractivity contribution in [3.63, 3.8) is 0 Å². The Balaban J connectivity index is 2.14. The molecule has 0 aliphatic heterocycles. The maximum Gasteiger partial charge on any atom is 0.340 e. The predicted molar refractivity (Wildman–Crippen MR) is 63.6 cm³/mol. The highest BCUT2D eigenvalue weighted by Crippen LogP contribution is 2.38. The molecular formula is C13H14FNO3. The van der Waals surface area contributed by atoms with E-state index in [1.54, 1.807) is 0 Å². The van der Waals surface area contributed by atoms with Gasteiger partial charge in [0.05, 0.1) is 12.7 Å². The van der Waals surface area contributed by atoms with Crippen LogP contribution in [-0.2, 0) is 9.53 Å². The molecular weight excluding hydrogens is 237 g/mol. The number of carbonyl (C=O) groups excluding carboxylic acids is 2. The van der Waals surface area contributed by atoms with E-state index in [2.05, 4.69) is 10.1 Å². The molecule has 2 unspecified atom stereocenters. The van der Waals surface area contributed by atoms with Crippen molar-refractivity contribution >= 4 is 17.6 Å². The van der Waals surface area contributed by atoms with E-state index in [0.29, 0.717) is 11.6 Å². The lowest BCUT2D eigenvalue weighted by Gasteiger charge is -2.07. The molecule has 1 saturated carbocycles. The zero-order valence-electron chi connectivity index (χ0n) is 10.2. The summed E-state index contributed by atoms with van der Waals surface area (Å²) in [7, 11) is 1.18. The van der Waals surface area contributed by atoms with Gasteiger partial charge in [0.25, 0.3) is 0 Å². The Morgan fingerprint density at radius 2 is 2.11 bits per heavy atom. The number of anilines is 1. The van der Waals surface area contributed by atoms with Crippen LogP contribution in [-0.4, -0.2) is 19.0 Å². The molecule has 0 aromatic heterocycles. The number of halogens is 1. The number of ether oxygens (including phenoxy) is 1. The van der Waals surface area contributed by atoms with Gasteiger partial charge in [0, 0.05) is 11.6 Å². The highest BCUT2D eigenvalue weighted by atomic mass is 19.1. The molecule has 2 atom stereocenters. The fourth-order valence-corrected chi connectivity index (χ4v) is 1.79. The van der Waals surface area contributed by atoms with Crippen LogP contribution in [0.2, 0.25) is 0 Å². The molecule has 0 spiro atoms. The van der Waals surface area contributed by atoms with E-state index in [1.165, 1.54) is 19.2 Å². The van der Waals surface area contributed by atoms with Crippen LogP contribution in [0, 0.1) is 17.7 Å². The summed E-state index contributed by atoms with van der Waals surface area (Å²) in [5, 5.41) is 2.67. The van der Waals surface area contributed by atoms with Crippen molar-refractivity contribution in [3.05, 3.63) is 29.6 Å². The zero-order chi connectivity index (χ0) is 13.3. The topological polar surface area (TPSA) is 55.4 Å². The lowest BCUT2D eigenvalue weighted by atomic mass is 10.2. The quantitative estimate of drug-likeness (QED) is 0.838. The van der Waals surface area contributed by atoms with Crippen molar-refractivity contribution in [1.29, 1.82) is 0 Å². The minimum absolute atomic E-state index is 0.0247. The molecule has 1 aliphatic rings. The maximum absolute atomic E-state index is 13.4. The van der Waals surface area contributed by atoms with Crippen LogP contribution in [0.4, 0.5) is 10.1 Å². The number of hydrogen-bond donors (Lipinski definition) is 1. The van der Waals surface area contributed by atoms with Gasteiger partial charge in [-0.2, -0.15) is 0 Å². The van der Waals surface area contributed by atoms with Gasteiger partial charge in [-0.25, -0.2) is 9.18 Å². The van der Waals surface area contributed by atoms with E-state index in [1.807, 2.05) is 6.92 Å². The summed E-state index contributed by atoms with van der Waals surface area (Å²) in [6, 6.07) is 3.84. The molecule has 0 heterocycles. The lowest BCUT2D eigenvalue weighted by molar-refractivity contribution is -0.117. The van der Waals surface area contributed by atoms with Crippen molar-refractivity contribution in [2.24, 2.45) is 11.8 Å². The van der Waals surface area contributed by atoms with Crippen LogP contribution >= 0.6 is 0 Å². The Morgan fingerprint density at radius 1 is 1.44 bits per heavy atom. The molecule has 5 heteroatoms. The van der Waals surface area contributed by atoms with Crippen molar-refractivity contribution in [3.8, 4) is 0 Å². The van der Waals surface area contributed by atoms with Gasteiger partial charge >= 0.3 is 5.97 Å². The number of carbonyl (C=O) groups is 2. The second kappa shape index (κ2) is 4.76. The van der Waals surface area contributed by atoms with Crippen LogP contribution in [0.15, 0.2) is 18.2 Å². The molecule has 18 heavy (non-hydrogen) atoms. The molecule has 1 fully saturated rings. The first kappa shape index (κ1) is 12.5. The lowest BCUT2D eigenvalue weighted by Crippen LogP contribution is -2.15. The fraction of sp³-hybridized carbons (Fsp3) is 0.385. The van der Waals surface area contributed by atoms with Crippen LogP contribution in [0.1, 0.15) is 23.7 Å². The van der Waals surface area contributed by atoms with E-state index in [4.69, 9.17) is 0 Å². The van der Waals surface area contributed by atoms with E-state index < -0.39 is 11.8 Å². The number of amides is 1. The van der Waals surface area contributed by atoms with Gasteiger partial charge in [-0.15, -0.1) is 0 Å². The smallest absolute Gasteiger partial charge is 0.340 e. The standard InChI is InChI=1S/C13H14FNO3/c1-7-5-9(7)12(16)15-8-3-4-11(14)10(6-8)13(17)18-2/h3-4,6-7,9H,5H2,1-2H3,(H,15,16). The third-order valence-corrected chi connectivity index (χ3v) is 3.09. The second-order valence-corrected chi connectivity index (χ2v) is 4.49. The highest BCUT2D eigenvalue weighted by molar-refractivity contribution is 5.96. The summed E-state index contributed by atoms with van der Waals surface area (Å²) in [6.45, 7) is 1.99. The van der Waals surface area contributed by atoms with Gasteiger partial charge in [0.15, 0.2) is 0 Å². The molecule has 1 amide bonds. The molecule has 96 valence electrons. The average molecular weight is 251 g/mol. The first-order chi connectivity index (χ1) is 8.52. The van der Waals surface area contributed by atoms with Crippen molar-refractivity contribution in [2.75, 3.05) is 12.4 Å². The molecule has 1 N–H and O–H groups in total. The highest BCUT2D eigenvalue weighted by Gasteiger charge is 2.39. The predicted octanol–water partition coefficient (Wildman–Crippen LogP) is 2.21. The molecule has 1 aliphatic carbocycles. The number of esters is 1. The average Bonchev–Trinajstić information content (AvgIpc) is 3.08. The van der Waals surface area contributed by atoms with Crippen LogP contribution < -0.4 is 5.32 Å². The molecule has 2 rings (SSSR count). The number of benzene rings is 1. The number of hydrogen-bond acceptors (Lipinski definition) is 3. The number of nitrogens with one attached hydrogen (secondary N) is 1. The largest absolute Gasteiger partial charge is 0.465 e. The molecule has 0 radical (unpaired) electrons. The first-order valence-corrected chi connectivity index (χ1v) is 5.71.